The maximum atomic E-state index is 13.1. The van der Waals surface area contributed by atoms with E-state index in [4.69, 9.17) is 9.15 Å². The topological polar surface area (TPSA) is 45.9 Å². The monoisotopic (exact) mass is 444 g/mol. The summed E-state index contributed by atoms with van der Waals surface area (Å²) in [5, 5.41) is 1.18. The zero-order valence-corrected chi connectivity index (χ0v) is 19.8. The minimum absolute atomic E-state index is 0.0641. The van der Waals surface area contributed by atoms with Crippen LogP contribution in [0.1, 0.15) is 42.2 Å². The third-order valence-corrected chi connectivity index (χ3v) is 7.11. The van der Waals surface area contributed by atoms with Crippen molar-refractivity contribution in [1.29, 1.82) is 0 Å². The fourth-order valence-electron chi connectivity index (χ4n) is 5.27. The zero-order valence-electron chi connectivity index (χ0n) is 19.8. The first-order valence-electron chi connectivity index (χ1n) is 12.0. The lowest BCUT2D eigenvalue weighted by Gasteiger charge is -2.35. The van der Waals surface area contributed by atoms with Crippen LogP contribution in [-0.4, -0.2) is 44.1 Å². The number of piperazine rings is 1. The lowest BCUT2D eigenvalue weighted by atomic mass is 9.93. The van der Waals surface area contributed by atoms with Gasteiger partial charge in [-0.2, -0.15) is 0 Å². The maximum absolute atomic E-state index is 13.1. The van der Waals surface area contributed by atoms with Gasteiger partial charge < -0.3 is 19.0 Å². The molecule has 0 N–H and O–H groups in total. The second-order valence-electron chi connectivity index (χ2n) is 9.15. The molecule has 2 aromatic carbocycles. The molecule has 5 nitrogen and oxygen atoms in total. The number of ether oxygens (including phenoxy) is 1. The zero-order chi connectivity index (χ0) is 22.9. The van der Waals surface area contributed by atoms with Gasteiger partial charge >= 0.3 is 0 Å². The first kappa shape index (κ1) is 21.6. The quantitative estimate of drug-likeness (QED) is 0.507. The van der Waals surface area contributed by atoms with Crippen molar-refractivity contribution in [3.05, 3.63) is 64.9 Å². The predicted molar refractivity (Wildman–Crippen MR) is 133 cm³/mol. The molecular weight excluding hydrogens is 412 g/mol. The molecule has 0 bridgehead atoms. The van der Waals surface area contributed by atoms with Crippen molar-refractivity contribution in [2.45, 2.75) is 39.5 Å². The van der Waals surface area contributed by atoms with Crippen LogP contribution in [0.2, 0.25) is 0 Å². The third kappa shape index (κ3) is 4.01. The Kier molecular flexibility index (Phi) is 5.88. The van der Waals surface area contributed by atoms with Crippen molar-refractivity contribution in [1.82, 2.24) is 4.90 Å². The minimum atomic E-state index is 0.0641. The molecule has 1 fully saturated rings. The summed E-state index contributed by atoms with van der Waals surface area (Å²) in [6, 6.07) is 12.6. The summed E-state index contributed by atoms with van der Waals surface area (Å²) in [4.78, 5) is 17.4. The first-order valence-corrected chi connectivity index (χ1v) is 12.0. The van der Waals surface area contributed by atoms with E-state index >= 15 is 0 Å². The number of nitrogens with zero attached hydrogens (tertiary/aromatic N) is 2. The van der Waals surface area contributed by atoms with Crippen LogP contribution in [0.5, 0.6) is 5.75 Å². The van der Waals surface area contributed by atoms with Gasteiger partial charge in [0.05, 0.1) is 7.11 Å². The molecule has 3 aromatic rings. The standard InChI is InChI=1S/C28H32N2O3/c1-19(17-26(31)30-15-13-29(14-16-30)21-9-5-4-6-10-21)23-18-24-22-11-7-8-12-25(22)33-28(24)20(2)27(23)32-3/h4-6,9-10,17-18H,7-8,11-16H2,1-3H3/b19-17+. The largest absolute Gasteiger partial charge is 0.496 e. The van der Waals surface area contributed by atoms with Crippen molar-refractivity contribution in [3.8, 4) is 5.75 Å². The Bertz CT molecular complexity index is 1200. The van der Waals surface area contributed by atoms with Gasteiger partial charge in [0.15, 0.2) is 0 Å². The molecule has 5 heteroatoms. The van der Waals surface area contributed by atoms with E-state index in [0.29, 0.717) is 0 Å². The molecule has 1 saturated heterocycles. The average molecular weight is 445 g/mol. The molecule has 0 radical (unpaired) electrons. The van der Waals surface area contributed by atoms with Gasteiger partial charge in [-0.3, -0.25) is 4.79 Å². The summed E-state index contributed by atoms with van der Waals surface area (Å²) < 4.78 is 12.0. The third-order valence-electron chi connectivity index (χ3n) is 7.11. The van der Waals surface area contributed by atoms with Crippen LogP contribution in [0.25, 0.3) is 16.5 Å². The molecule has 1 amide bonds. The molecule has 1 aliphatic carbocycles. The molecule has 0 saturated carbocycles. The molecule has 2 aliphatic rings. The Morgan fingerprint density at radius 1 is 1.06 bits per heavy atom. The number of carbonyl (C=O) groups excluding carboxylic acids is 1. The van der Waals surface area contributed by atoms with Crippen molar-refractivity contribution in [2.24, 2.45) is 0 Å². The van der Waals surface area contributed by atoms with Gasteiger partial charge in [0.2, 0.25) is 5.91 Å². The number of anilines is 1. The van der Waals surface area contributed by atoms with Gasteiger partial charge in [-0.25, -0.2) is 0 Å². The first-order chi connectivity index (χ1) is 16.1. The average Bonchev–Trinajstić information content (AvgIpc) is 3.23. The molecule has 0 unspecified atom stereocenters. The van der Waals surface area contributed by atoms with E-state index in [-0.39, 0.29) is 5.91 Å². The highest BCUT2D eigenvalue weighted by Crippen LogP contribution is 2.41. The van der Waals surface area contributed by atoms with E-state index in [9.17, 15) is 4.79 Å². The second kappa shape index (κ2) is 8.97. The van der Waals surface area contributed by atoms with Crippen LogP contribution in [0.15, 0.2) is 46.9 Å². The van der Waals surface area contributed by atoms with Crippen LogP contribution in [0, 0.1) is 6.92 Å². The number of amides is 1. The van der Waals surface area contributed by atoms with Crippen LogP contribution in [0.4, 0.5) is 5.69 Å². The number of benzene rings is 2. The number of furan rings is 1. The minimum Gasteiger partial charge on any atom is -0.496 e. The van der Waals surface area contributed by atoms with Crippen LogP contribution >= 0.6 is 0 Å². The lowest BCUT2D eigenvalue weighted by molar-refractivity contribution is -0.126. The summed E-state index contributed by atoms with van der Waals surface area (Å²) in [6.45, 7) is 7.20. The second-order valence-corrected chi connectivity index (χ2v) is 9.15. The van der Waals surface area contributed by atoms with Gasteiger partial charge in [-0.05, 0) is 56.9 Å². The highest BCUT2D eigenvalue weighted by atomic mass is 16.5. The van der Waals surface area contributed by atoms with Crippen molar-refractivity contribution in [3.63, 3.8) is 0 Å². The van der Waals surface area contributed by atoms with E-state index in [1.54, 1.807) is 13.2 Å². The highest BCUT2D eigenvalue weighted by molar-refractivity contribution is 5.98. The van der Waals surface area contributed by atoms with E-state index in [1.165, 1.54) is 29.5 Å². The Morgan fingerprint density at radius 3 is 2.52 bits per heavy atom. The molecule has 2 heterocycles. The Labute approximate surface area is 195 Å². The highest BCUT2D eigenvalue weighted by Gasteiger charge is 2.24. The van der Waals surface area contributed by atoms with Crippen molar-refractivity contribution in [2.75, 3.05) is 38.2 Å². The number of rotatable bonds is 4. The summed E-state index contributed by atoms with van der Waals surface area (Å²) in [5.41, 5.74) is 6.40. The van der Waals surface area contributed by atoms with Crippen molar-refractivity contribution < 1.29 is 13.9 Å². The van der Waals surface area contributed by atoms with E-state index in [0.717, 1.165) is 72.8 Å². The molecule has 172 valence electrons. The van der Waals surface area contributed by atoms with Gasteiger partial charge in [-0.1, -0.05) is 18.2 Å². The normalized spacial score (nSPS) is 16.8. The molecule has 33 heavy (non-hydrogen) atoms. The summed E-state index contributed by atoms with van der Waals surface area (Å²) in [7, 11) is 1.69. The van der Waals surface area contributed by atoms with E-state index < -0.39 is 0 Å². The van der Waals surface area contributed by atoms with Gasteiger partial charge in [-0.15, -0.1) is 0 Å². The summed E-state index contributed by atoms with van der Waals surface area (Å²) in [5.74, 6) is 1.98. The van der Waals surface area contributed by atoms with E-state index in [1.807, 2.05) is 17.9 Å². The molecule has 0 atom stereocenters. The van der Waals surface area contributed by atoms with Gasteiger partial charge in [0.25, 0.3) is 0 Å². The Hall–Kier alpha value is -3.21. The maximum Gasteiger partial charge on any atom is 0.246 e. The van der Waals surface area contributed by atoms with Crippen LogP contribution < -0.4 is 9.64 Å². The Balaban J connectivity index is 1.39. The van der Waals surface area contributed by atoms with Gasteiger partial charge in [0, 0.05) is 66.4 Å². The summed E-state index contributed by atoms with van der Waals surface area (Å²) >= 11 is 0. The molecule has 0 spiro atoms. The molecule has 1 aliphatic heterocycles. The smallest absolute Gasteiger partial charge is 0.246 e. The van der Waals surface area contributed by atoms with E-state index in [2.05, 4.69) is 42.2 Å². The number of methoxy groups -OCH3 is 1. The lowest BCUT2D eigenvalue weighted by Crippen LogP contribution is -2.48. The number of allylic oxidation sites excluding steroid dienone is 1. The Morgan fingerprint density at radius 2 is 1.79 bits per heavy atom. The number of para-hydroxylation sites is 1. The molecule has 1 aromatic heterocycles. The number of carbonyl (C=O) groups is 1. The number of fused-ring (bicyclic) bond motifs is 3. The molecular formula is C28H32N2O3. The number of hydrogen-bond donors (Lipinski definition) is 0. The van der Waals surface area contributed by atoms with Crippen molar-refractivity contribution >= 4 is 28.1 Å². The van der Waals surface area contributed by atoms with Crippen LogP contribution in [-0.2, 0) is 17.6 Å². The fraction of sp³-hybridized carbons (Fsp3) is 0.393. The fourth-order valence-corrected chi connectivity index (χ4v) is 5.27. The summed E-state index contributed by atoms with van der Waals surface area (Å²) in [6.07, 6.45) is 6.21. The number of aryl methyl sites for hydroxylation is 3. The number of hydrogen-bond acceptors (Lipinski definition) is 4. The van der Waals surface area contributed by atoms with Gasteiger partial charge in [0.1, 0.15) is 17.1 Å². The van der Waals surface area contributed by atoms with Crippen LogP contribution in [0.3, 0.4) is 0 Å². The SMILES string of the molecule is COc1c(/C(C)=C/C(=O)N2CCN(c3ccccc3)CC2)cc2c3c(oc2c1C)CCCC3. The molecule has 5 rings (SSSR count). The predicted octanol–water partition coefficient (Wildman–Crippen LogP) is 5.38.